The molecule has 1 heterocycles. The normalized spacial score (nSPS) is 10.5. The van der Waals surface area contributed by atoms with Gasteiger partial charge in [0.15, 0.2) is 0 Å². The highest BCUT2D eigenvalue weighted by molar-refractivity contribution is 8.76. The number of hydrogen-bond donors (Lipinski definition) is 3. The standard InChI is InChI=1S/C18H19ClN2O5S2/c1-11-13(4-7-26-11)18(25)21-15-10-12(19)2-3-14(15)17(24)20-6-9-28-27-8-5-16(22)23/h2-4,7,10H,5-6,8-9H2,1H3,(H,20,24)(H,21,25)(H,22,23). The number of carbonyl (C=O) groups is 3. The second-order valence-corrected chi connectivity index (χ2v) is 8.72. The summed E-state index contributed by atoms with van der Waals surface area (Å²) in [5.41, 5.74) is 0.975. The van der Waals surface area contributed by atoms with Crippen LogP contribution in [0.2, 0.25) is 5.02 Å². The topological polar surface area (TPSA) is 109 Å². The molecule has 0 unspecified atom stereocenters. The number of furan rings is 1. The van der Waals surface area contributed by atoms with Gasteiger partial charge in [-0.3, -0.25) is 14.4 Å². The van der Waals surface area contributed by atoms with Gasteiger partial charge in [0.2, 0.25) is 0 Å². The van der Waals surface area contributed by atoms with Crippen LogP contribution in [0.1, 0.15) is 32.9 Å². The van der Waals surface area contributed by atoms with Crippen molar-refractivity contribution in [3.05, 3.63) is 52.4 Å². The molecule has 0 radical (unpaired) electrons. The molecule has 0 fully saturated rings. The number of carboxylic acid groups (broad SMARTS) is 1. The molecule has 0 saturated heterocycles. The fourth-order valence-electron chi connectivity index (χ4n) is 2.18. The third-order valence-corrected chi connectivity index (χ3v) is 6.17. The Bertz CT molecular complexity index is 856. The molecule has 3 N–H and O–H groups in total. The molecule has 0 atom stereocenters. The summed E-state index contributed by atoms with van der Waals surface area (Å²) in [7, 11) is 2.93. The Balaban J connectivity index is 1.92. The lowest BCUT2D eigenvalue weighted by Crippen LogP contribution is -2.27. The van der Waals surface area contributed by atoms with Crippen molar-refractivity contribution in [2.45, 2.75) is 13.3 Å². The van der Waals surface area contributed by atoms with Crippen LogP contribution in [0.3, 0.4) is 0 Å². The summed E-state index contributed by atoms with van der Waals surface area (Å²) in [4.78, 5) is 35.3. The number of nitrogens with one attached hydrogen (secondary N) is 2. The van der Waals surface area contributed by atoms with Crippen LogP contribution in [0.5, 0.6) is 0 Å². The van der Waals surface area contributed by atoms with E-state index in [1.807, 2.05) is 0 Å². The fraction of sp³-hybridized carbons (Fsp3) is 0.278. The van der Waals surface area contributed by atoms with Crippen molar-refractivity contribution in [2.75, 3.05) is 23.4 Å². The molecule has 0 aliphatic heterocycles. The Morgan fingerprint density at radius 2 is 1.86 bits per heavy atom. The van der Waals surface area contributed by atoms with Gasteiger partial charge in [0.05, 0.1) is 29.5 Å². The van der Waals surface area contributed by atoms with Gasteiger partial charge in [-0.25, -0.2) is 0 Å². The fourth-order valence-corrected chi connectivity index (χ4v) is 4.23. The maximum absolute atomic E-state index is 12.5. The van der Waals surface area contributed by atoms with Crippen LogP contribution < -0.4 is 10.6 Å². The second-order valence-electron chi connectivity index (χ2n) is 5.58. The van der Waals surface area contributed by atoms with Crippen LogP contribution in [-0.2, 0) is 4.79 Å². The van der Waals surface area contributed by atoms with Crippen LogP contribution in [0.4, 0.5) is 5.69 Å². The highest BCUT2D eigenvalue weighted by atomic mass is 35.5. The summed E-state index contributed by atoms with van der Waals surface area (Å²) in [5.74, 6) is 0.0427. The molecule has 10 heteroatoms. The van der Waals surface area contributed by atoms with Crippen molar-refractivity contribution in [3.63, 3.8) is 0 Å². The van der Waals surface area contributed by atoms with Gasteiger partial charge < -0.3 is 20.2 Å². The average molecular weight is 443 g/mol. The van der Waals surface area contributed by atoms with E-state index in [1.54, 1.807) is 25.1 Å². The van der Waals surface area contributed by atoms with E-state index in [0.29, 0.717) is 45.6 Å². The van der Waals surface area contributed by atoms with Crippen LogP contribution in [0.15, 0.2) is 34.9 Å². The monoisotopic (exact) mass is 442 g/mol. The average Bonchev–Trinajstić information content (AvgIpc) is 3.06. The summed E-state index contributed by atoms with van der Waals surface area (Å²) in [6.07, 6.45) is 1.52. The number of carboxylic acids is 1. The van der Waals surface area contributed by atoms with Crippen molar-refractivity contribution >= 4 is 56.7 Å². The molecule has 0 aliphatic rings. The Morgan fingerprint density at radius 3 is 2.54 bits per heavy atom. The summed E-state index contributed by atoms with van der Waals surface area (Å²) in [6.45, 7) is 2.08. The lowest BCUT2D eigenvalue weighted by atomic mass is 10.1. The summed E-state index contributed by atoms with van der Waals surface area (Å²) in [6, 6.07) is 6.19. The van der Waals surface area contributed by atoms with Gasteiger partial charge in [-0.15, -0.1) is 0 Å². The maximum atomic E-state index is 12.5. The molecular weight excluding hydrogens is 424 g/mol. The number of halogens is 1. The Labute approximate surface area is 175 Å². The Hall–Kier alpha value is -2.10. The first-order valence-corrected chi connectivity index (χ1v) is 11.1. The first-order chi connectivity index (χ1) is 13.4. The lowest BCUT2D eigenvalue weighted by molar-refractivity contribution is -0.136. The van der Waals surface area contributed by atoms with Crippen LogP contribution in [0, 0.1) is 6.92 Å². The SMILES string of the molecule is Cc1occc1C(=O)Nc1cc(Cl)ccc1C(=O)NCCSSCCC(=O)O. The predicted octanol–water partition coefficient (Wildman–Crippen LogP) is 4.08. The molecule has 0 saturated carbocycles. The summed E-state index contributed by atoms with van der Waals surface area (Å²) >= 11 is 6.01. The van der Waals surface area contributed by atoms with Gasteiger partial charge in [-0.2, -0.15) is 0 Å². The Kier molecular flexibility index (Phi) is 8.75. The first kappa shape index (κ1) is 22.2. The molecule has 0 aliphatic carbocycles. The zero-order chi connectivity index (χ0) is 20.5. The highest BCUT2D eigenvalue weighted by Crippen LogP contribution is 2.23. The number of rotatable bonds is 10. The molecule has 2 rings (SSSR count). The number of anilines is 1. The second kappa shape index (κ2) is 11.0. The van der Waals surface area contributed by atoms with Crippen LogP contribution in [0.25, 0.3) is 0 Å². The third-order valence-electron chi connectivity index (χ3n) is 3.53. The molecule has 0 spiro atoms. The minimum atomic E-state index is -0.829. The van der Waals surface area contributed by atoms with Crippen molar-refractivity contribution < 1.29 is 23.9 Å². The smallest absolute Gasteiger partial charge is 0.304 e. The molecule has 2 amide bonds. The summed E-state index contributed by atoms with van der Waals surface area (Å²) < 4.78 is 5.13. The largest absolute Gasteiger partial charge is 0.481 e. The molecule has 7 nitrogen and oxygen atoms in total. The van der Waals surface area contributed by atoms with Crippen LogP contribution in [-0.4, -0.2) is 40.9 Å². The molecule has 0 bridgehead atoms. The van der Waals surface area contributed by atoms with E-state index in [9.17, 15) is 14.4 Å². The quantitative estimate of drug-likeness (QED) is 0.375. The lowest BCUT2D eigenvalue weighted by Gasteiger charge is -2.12. The van der Waals surface area contributed by atoms with Gasteiger partial charge in [0.1, 0.15) is 5.76 Å². The van der Waals surface area contributed by atoms with Crippen molar-refractivity contribution in [2.24, 2.45) is 0 Å². The van der Waals surface area contributed by atoms with E-state index in [2.05, 4.69) is 10.6 Å². The molecular formula is C18H19ClN2O5S2. The number of amides is 2. The molecule has 1 aromatic heterocycles. The molecule has 28 heavy (non-hydrogen) atoms. The van der Waals surface area contributed by atoms with E-state index in [-0.39, 0.29) is 12.3 Å². The van der Waals surface area contributed by atoms with E-state index >= 15 is 0 Å². The number of hydrogen-bond acceptors (Lipinski definition) is 6. The van der Waals surface area contributed by atoms with Crippen LogP contribution >= 0.6 is 33.2 Å². The zero-order valence-corrected chi connectivity index (χ0v) is 17.4. The van der Waals surface area contributed by atoms with E-state index in [1.165, 1.54) is 33.9 Å². The maximum Gasteiger partial charge on any atom is 0.304 e. The third kappa shape index (κ3) is 6.81. The number of aliphatic carboxylic acids is 1. The minimum Gasteiger partial charge on any atom is -0.481 e. The van der Waals surface area contributed by atoms with Gasteiger partial charge >= 0.3 is 5.97 Å². The zero-order valence-electron chi connectivity index (χ0n) is 15.0. The minimum absolute atomic E-state index is 0.105. The number of carbonyl (C=O) groups excluding carboxylic acids is 2. The molecule has 2 aromatic rings. The van der Waals surface area contributed by atoms with Crippen molar-refractivity contribution in [1.29, 1.82) is 0 Å². The predicted molar refractivity (Wildman–Crippen MR) is 112 cm³/mol. The van der Waals surface area contributed by atoms with Crippen molar-refractivity contribution in [1.82, 2.24) is 5.32 Å². The Morgan fingerprint density at radius 1 is 1.11 bits per heavy atom. The van der Waals surface area contributed by atoms with E-state index < -0.39 is 11.9 Å². The number of aryl methyl sites for hydroxylation is 1. The van der Waals surface area contributed by atoms with Crippen molar-refractivity contribution in [3.8, 4) is 0 Å². The van der Waals surface area contributed by atoms with Gasteiger partial charge in [-0.1, -0.05) is 33.2 Å². The first-order valence-electron chi connectivity index (χ1n) is 8.28. The van der Waals surface area contributed by atoms with Gasteiger partial charge in [0.25, 0.3) is 11.8 Å². The molecule has 150 valence electrons. The molecule has 1 aromatic carbocycles. The van der Waals surface area contributed by atoms with Gasteiger partial charge in [0, 0.05) is 23.1 Å². The highest BCUT2D eigenvalue weighted by Gasteiger charge is 2.17. The van der Waals surface area contributed by atoms with E-state index in [0.717, 1.165) is 0 Å². The van der Waals surface area contributed by atoms with E-state index in [4.69, 9.17) is 21.1 Å². The summed E-state index contributed by atoms with van der Waals surface area (Å²) in [5, 5.41) is 14.4. The number of benzene rings is 1. The van der Waals surface area contributed by atoms with Gasteiger partial charge in [-0.05, 0) is 31.2 Å².